The van der Waals surface area contributed by atoms with Crippen LogP contribution in [0.3, 0.4) is 0 Å². The van der Waals surface area contributed by atoms with E-state index in [1.807, 2.05) is 25.3 Å². The zero-order valence-corrected chi connectivity index (χ0v) is 13.8. The number of anilines is 1. The highest BCUT2D eigenvalue weighted by Gasteiger charge is 2.23. The van der Waals surface area contributed by atoms with Crippen molar-refractivity contribution in [3.05, 3.63) is 24.0 Å². The second-order valence-corrected chi connectivity index (χ2v) is 6.46. The first kappa shape index (κ1) is 15.9. The van der Waals surface area contributed by atoms with Crippen LogP contribution in [0.1, 0.15) is 45.0 Å². The molecule has 0 spiro atoms. The summed E-state index contributed by atoms with van der Waals surface area (Å²) in [6.45, 7) is 5.98. The largest absolute Gasteiger partial charge is 0.351 e. The summed E-state index contributed by atoms with van der Waals surface area (Å²) in [5.41, 5.74) is 6.87. The fraction of sp³-hybridized carbons (Fsp3) is 0.562. The molecule has 6 nitrogen and oxygen atoms in total. The molecule has 3 N–H and O–H groups in total. The SMILES string of the molecule is Cc1ncc(-c2nc(N[C@H]3CC[C@@H](N)C3)ncc2F)n1C(C)C. The Bertz CT molecular complexity index is 696. The topological polar surface area (TPSA) is 81.7 Å². The molecule has 1 saturated carbocycles. The Morgan fingerprint density at radius 2 is 2.09 bits per heavy atom. The Labute approximate surface area is 135 Å². The van der Waals surface area contributed by atoms with Crippen molar-refractivity contribution >= 4 is 5.95 Å². The highest BCUT2D eigenvalue weighted by molar-refractivity contribution is 5.57. The minimum absolute atomic E-state index is 0.172. The molecule has 23 heavy (non-hydrogen) atoms. The van der Waals surface area contributed by atoms with Gasteiger partial charge >= 0.3 is 0 Å². The molecule has 0 radical (unpaired) electrons. The maximum absolute atomic E-state index is 14.3. The van der Waals surface area contributed by atoms with Crippen molar-refractivity contribution in [2.45, 2.75) is 58.2 Å². The number of nitrogens with one attached hydrogen (secondary N) is 1. The summed E-state index contributed by atoms with van der Waals surface area (Å²) >= 11 is 0. The van der Waals surface area contributed by atoms with Gasteiger partial charge in [0.1, 0.15) is 11.5 Å². The lowest BCUT2D eigenvalue weighted by atomic mass is 10.2. The van der Waals surface area contributed by atoms with Crippen LogP contribution in [0.5, 0.6) is 0 Å². The number of imidazole rings is 1. The molecule has 2 aromatic heterocycles. The van der Waals surface area contributed by atoms with Crippen LogP contribution in [0.25, 0.3) is 11.4 Å². The maximum Gasteiger partial charge on any atom is 0.223 e. The van der Waals surface area contributed by atoms with Gasteiger partial charge in [0.2, 0.25) is 5.95 Å². The van der Waals surface area contributed by atoms with Crippen LogP contribution in [0.4, 0.5) is 10.3 Å². The molecule has 0 amide bonds. The lowest BCUT2D eigenvalue weighted by molar-refractivity contribution is 0.577. The van der Waals surface area contributed by atoms with E-state index in [1.54, 1.807) is 6.20 Å². The highest BCUT2D eigenvalue weighted by Crippen LogP contribution is 2.27. The van der Waals surface area contributed by atoms with E-state index >= 15 is 0 Å². The molecule has 1 aliphatic carbocycles. The average molecular weight is 318 g/mol. The van der Waals surface area contributed by atoms with E-state index in [0.717, 1.165) is 25.1 Å². The number of hydrogen-bond acceptors (Lipinski definition) is 5. The van der Waals surface area contributed by atoms with Crippen LogP contribution >= 0.6 is 0 Å². The zero-order chi connectivity index (χ0) is 16.6. The third-order valence-corrected chi connectivity index (χ3v) is 4.29. The van der Waals surface area contributed by atoms with Crippen molar-refractivity contribution in [2.75, 3.05) is 5.32 Å². The van der Waals surface area contributed by atoms with E-state index in [1.165, 1.54) is 6.20 Å². The molecular formula is C16H23FN6. The summed E-state index contributed by atoms with van der Waals surface area (Å²) in [6, 6.07) is 0.642. The Morgan fingerprint density at radius 3 is 2.74 bits per heavy atom. The molecule has 0 aliphatic heterocycles. The van der Waals surface area contributed by atoms with Crippen LogP contribution in [0.2, 0.25) is 0 Å². The number of hydrogen-bond donors (Lipinski definition) is 2. The Morgan fingerprint density at radius 1 is 1.30 bits per heavy atom. The van der Waals surface area contributed by atoms with Gasteiger partial charge in [-0.05, 0) is 40.0 Å². The molecule has 2 atom stereocenters. The first-order valence-corrected chi connectivity index (χ1v) is 8.04. The second kappa shape index (κ2) is 6.23. The third-order valence-electron chi connectivity index (χ3n) is 4.29. The number of nitrogens with two attached hydrogens (primary N) is 1. The van der Waals surface area contributed by atoms with Gasteiger partial charge in [-0.1, -0.05) is 0 Å². The lowest BCUT2D eigenvalue weighted by Crippen LogP contribution is -2.22. The third kappa shape index (κ3) is 3.19. The van der Waals surface area contributed by atoms with Crippen LogP contribution in [0, 0.1) is 12.7 Å². The summed E-state index contributed by atoms with van der Waals surface area (Å²) in [4.78, 5) is 12.8. The molecule has 124 valence electrons. The van der Waals surface area contributed by atoms with Gasteiger partial charge < -0.3 is 15.6 Å². The molecule has 0 saturated heterocycles. The van der Waals surface area contributed by atoms with Gasteiger partial charge in [-0.15, -0.1) is 0 Å². The summed E-state index contributed by atoms with van der Waals surface area (Å²) < 4.78 is 16.2. The molecule has 0 unspecified atom stereocenters. The summed E-state index contributed by atoms with van der Waals surface area (Å²) in [7, 11) is 0. The summed E-state index contributed by atoms with van der Waals surface area (Å²) in [5, 5.41) is 3.27. The fourth-order valence-electron chi connectivity index (χ4n) is 3.23. The molecule has 0 aromatic carbocycles. The van der Waals surface area contributed by atoms with E-state index in [-0.39, 0.29) is 23.8 Å². The molecule has 7 heteroatoms. The molecule has 2 aromatic rings. The van der Waals surface area contributed by atoms with Crippen molar-refractivity contribution in [3.63, 3.8) is 0 Å². The number of rotatable bonds is 4. The zero-order valence-electron chi connectivity index (χ0n) is 13.8. The van der Waals surface area contributed by atoms with Crippen LogP contribution in [-0.2, 0) is 0 Å². The average Bonchev–Trinajstić information content (AvgIpc) is 3.07. The van der Waals surface area contributed by atoms with E-state index < -0.39 is 5.82 Å². The Balaban J connectivity index is 1.92. The van der Waals surface area contributed by atoms with E-state index in [2.05, 4.69) is 20.3 Å². The molecular weight excluding hydrogens is 295 g/mol. The van der Waals surface area contributed by atoms with Gasteiger partial charge in [0.25, 0.3) is 0 Å². The number of aryl methyl sites for hydroxylation is 1. The van der Waals surface area contributed by atoms with Crippen LogP contribution in [0.15, 0.2) is 12.4 Å². The Hall–Kier alpha value is -2.02. The second-order valence-electron chi connectivity index (χ2n) is 6.46. The number of aromatic nitrogens is 4. The highest BCUT2D eigenvalue weighted by atomic mass is 19.1. The van der Waals surface area contributed by atoms with Crippen LogP contribution in [-0.4, -0.2) is 31.6 Å². The molecule has 3 rings (SSSR count). The molecule has 1 aliphatic rings. The van der Waals surface area contributed by atoms with E-state index in [0.29, 0.717) is 11.6 Å². The van der Waals surface area contributed by atoms with Crippen molar-refractivity contribution in [2.24, 2.45) is 5.73 Å². The smallest absolute Gasteiger partial charge is 0.223 e. The quantitative estimate of drug-likeness (QED) is 0.905. The predicted molar refractivity (Wildman–Crippen MR) is 87.6 cm³/mol. The van der Waals surface area contributed by atoms with Gasteiger partial charge in [-0.2, -0.15) is 0 Å². The first-order valence-electron chi connectivity index (χ1n) is 8.04. The van der Waals surface area contributed by atoms with Gasteiger partial charge in [0.05, 0.1) is 18.1 Å². The van der Waals surface area contributed by atoms with Crippen molar-refractivity contribution in [1.29, 1.82) is 0 Å². The van der Waals surface area contributed by atoms with Crippen molar-refractivity contribution < 1.29 is 4.39 Å². The monoisotopic (exact) mass is 318 g/mol. The van der Waals surface area contributed by atoms with Gasteiger partial charge in [0, 0.05) is 18.1 Å². The number of halogens is 1. The minimum atomic E-state index is -0.444. The minimum Gasteiger partial charge on any atom is -0.351 e. The van der Waals surface area contributed by atoms with Gasteiger partial charge in [-0.3, -0.25) is 0 Å². The van der Waals surface area contributed by atoms with E-state index in [9.17, 15) is 4.39 Å². The maximum atomic E-state index is 14.3. The molecule has 1 fully saturated rings. The molecule has 2 heterocycles. The predicted octanol–water partition coefficient (Wildman–Crippen LogP) is 2.66. The summed E-state index contributed by atoms with van der Waals surface area (Å²) in [6.07, 6.45) is 5.74. The Kier molecular flexibility index (Phi) is 4.30. The van der Waals surface area contributed by atoms with Crippen molar-refractivity contribution in [1.82, 2.24) is 19.5 Å². The normalized spacial score (nSPS) is 21.1. The van der Waals surface area contributed by atoms with Gasteiger partial charge in [0.15, 0.2) is 5.82 Å². The van der Waals surface area contributed by atoms with Gasteiger partial charge in [-0.25, -0.2) is 19.3 Å². The van der Waals surface area contributed by atoms with Crippen molar-refractivity contribution in [3.8, 4) is 11.4 Å². The lowest BCUT2D eigenvalue weighted by Gasteiger charge is -2.16. The first-order chi connectivity index (χ1) is 11.0. The van der Waals surface area contributed by atoms with E-state index in [4.69, 9.17) is 5.73 Å². The van der Waals surface area contributed by atoms with Crippen LogP contribution < -0.4 is 11.1 Å². The summed E-state index contributed by atoms with van der Waals surface area (Å²) in [5.74, 6) is 0.833. The number of nitrogens with zero attached hydrogens (tertiary/aromatic N) is 4. The fourth-order valence-corrected chi connectivity index (χ4v) is 3.23. The standard InChI is InChI=1S/C16H23FN6/c1-9(2)23-10(3)19-8-14(23)15-13(17)7-20-16(22-15)21-12-5-4-11(18)6-12/h7-9,11-12H,4-6,18H2,1-3H3,(H,20,21,22)/t11-,12+/m1/s1. The molecule has 0 bridgehead atoms.